The van der Waals surface area contributed by atoms with Gasteiger partial charge in [0, 0.05) is 32.0 Å². The maximum absolute atomic E-state index is 12.5. The number of hydrogen-bond donors (Lipinski definition) is 1. The number of hydrogen-bond acceptors (Lipinski definition) is 5. The molecule has 2 heterocycles. The first-order valence-electron chi connectivity index (χ1n) is 5.92. The molecule has 1 aromatic rings. The van der Waals surface area contributed by atoms with E-state index in [2.05, 4.69) is 10.3 Å². The highest BCUT2D eigenvalue weighted by Crippen LogP contribution is 2.23. The standard InChI is InChI=1S/C11H17N3O3S/c1-2-13-10-3-4-12-9-11(10)18(15,16)14-5-7-17-8-6-14/h3-4,9H,2,5-8H2,1H3,(H,12,13). The minimum atomic E-state index is -3.49. The molecule has 0 amide bonds. The predicted octanol–water partition coefficient (Wildman–Crippen LogP) is 0.534. The largest absolute Gasteiger partial charge is 0.384 e. The van der Waals surface area contributed by atoms with Gasteiger partial charge >= 0.3 is 0 Å². The number of anilines is 1. The van der Waals surface area contributed by atoms with Crippen molar-refractivity contribution < 1.29 is 13.2 Å². The van der Waals surface area contributed by atoms with Crippen molar-refractivity contribution in [2.24, 2.45) is 0 Å². The van der Waals surface area contributed by atoms with E-state index in [-0.39, 0.29) is 4.90 Å². The number of pyridine rings is 1. The van der Waals surface area contributed by atoms with Gasteiger partial charge in [-0.05, 0) is 13.0 Å². The zero-order chi connectivity index (χ0) is 13.0. The highest BCUT2D eigenvalue weighted by molar-refractivity contribution is 7.89. The van der Waals surface area contributed by atoms with Crippen molar-refractivity contribution in [3.8, 4) is 0 Å². The minimum Gasteiger partial charge on any atom is -0.384 e. The average Bonchev–Trinajstić information content (AvgIpc) is 2.41. The fraction of sp³-hybridized carbons (Fsp3) is 0.545. The van der Waals surface area contributed by atoms with Gasteiger partial charge in [-0.2, -0.15) is 4.31 Å². The van der Waals surface area contributed by atoms with E-state index in [1.54, 1.807) is 12.3 Å². The molecule has 6 nitrogen and oxygen atoms in total. The van der Waals surface area contributed by atoms with E-state index in [1.807, 2.05) is 6.92 Å². The average molecular weight is 271 g/mol. The molecule has 0 aromatic carbocycles. The number of nitrogens with one attached hydrogen (secondary N) is 1. The molecule has 18 heavy (non-hydrogen) atoms. The Labute approximate surface area is 107 Å². The molecule has 0 bridgehead atoms. The number of ether oxygens (including phenoxy) is 1. The van der Waals surface area contributed by atoms with Crippen LogP contribution in [0.15, 0.2) is 23.4 Å². The van der Waals surface area contributed by atoms with Gasteiger partial charge in [-0.3, -0.25) is 4.98 Å². The molecule has 1 N–H and O–H groups in total. The second kappa shape index (κ2) is 5.64. The van der Waals surface area contributed by atoms with Crippen LogP contribution in [0.3, 0.4) is 0 Å². The molecule has 1 aliphatic rings. The van der Waals surface area contributed by atoms with E-state index >= 15 is 0 Å². The van der Waals surface area contributed by atoms with Gasteiger partial charge in [0.2, 0.25) is 10.0 Å². The van der Waals surface area contributed by atoms with Crippen LogP contribution in [-0.4, -0.2) is 50.6 Å². The number of aromatic nitrogens is 1. The summed E-state index contributed by atoms with van der Waals surface area (Å²) in [5.74, 6) is 0. The molecule has 100 valence electrons. The fourth-order valence-corrected chi connectivity index (χ4v) is 3.37. The lowest BCUT2D eigenvalue weighted by atomic mass is 10.4. The summed E-state index contributed by atoms with van der Waals surface area (Å²) in [5.41, 5.74) is 0.596. The van der Waals surface area contributed by atoms with Crippen LogP contribution in [0, 0.1) is 0 Å². The van der Waals surface area contributed by atoms with Gasteiger partial charge in [0.1, 0.15) is 4.90 Å². The number of morpholine rings is 1. The fourth-order valence-electron chi connectivity index (χ4n) is 1.85. The number of rotatable bonds is 4. The second-order valence-corrected chi connectivity index (χ2v) is 5.82. The Morgan fingerprint density at radius 3 is 2.83 bits per heavy atom. The molecule has 1 aromatic heterocycles. The molecule has 0 aliphatic carbocycles. The normalized spacial score (nSPS) is 17.6. The van der Waals surface area contributed by atoms with Gasteiger partial charge in [0.15, 0.2) is 0 Å². The van der Waals surface area contributed by atoms with Crippen molar-refractivity contribution in [2.75, 3.05) is 38.2 Å². The molecule has 0 saturated carbocycles. The minimum absolute atomic E-state index is 0.230. The molecule has 0 radical (unpaired) electrons. The molecule has 0 atom stereocenters. The summed E-state index contributed by atoms with van der Waals surface area (Å²) in [6.45, 7) is 4.25. The van der Waals surface area contributed by atoms with Crippen LogP contribution in [0.2, 0.25) is 0 Å². The van der Waals surface area contributed by atoms with Crippen molar-refractivity contribution in [3.05, 3.63) is 18.5 Å². The van der Waals surface area contributed by atoms with Crippen LogP contribution in [0.1, 0.15) is 6.92 Å². The summed E-state index contributed by atoms with van der Waals surface area (Å²) in [6.07, 6.45) is 2.97. The second-order valence-electron chi connectivity index (χ2n) is 3.92. The SMILES string of the molecule is CCNc1ccncc1S(=O)(=O)N1CCOCC1. The first kappa shape index (κ1) is 13.3. The Morgan fingerprint density at radius 2 is 2.17 bits per heavy atom. The number of sulfonamides is 1. The Hall–Kier alpha value is -1.18. The Kier molecular flexibility index (Phi) is 4.15. The first-order valence-corrected chi connectivity index (χ1v) is 7.36. The van der Waals surface area contributed by atoms with E-state index in [0.29, 0.717) is 38.5 Å². The quantitative estimate of drug-likeness (QED) is 0.865. The number of nitrogens with zero attached hydrogens (tertiary/aromatic N) is 2. The van der Waals surface area contributed by atoms with Crippen LogP contribution >= 0.6 is 0 Å². The molecule has 2 rings (SSSR count). The summed E-state index contributed by atoms with van der Waals surface area (Å²) in [5, 5.41) is 3.04. The van der Waals surface area contributed by atoms with Gasteiger partial charge in [-0.1, -0.05) is 0 Å². The third-order valence-corrected chi connectivity index (χ3v) is 4.67. The highest BCUT2D eigenvalue weighted by Gasteiger charge is 2.28. The predicted molar refractivity (Wildman–Crippen MR) is 68.0 cm³/mol. The van der Waals surface area contributed by atoms with E-state index < -0.39 is 10.0 Å². The molecular weight excluding hydrogens is 254 g/mol. The molecule has 1 fully saturated rings. The van der Waals surface area contributed by atoms with Crippen LogP contribution in [-0.2, 0) is 14.8 Å². The summed E-state index contributed by atoms with van der Waals surface area (Å²) in [4.78, 5) is 4.14. The van der Waals surface area contributed by atoms with E-state index in [4.69, 9.17) is 4.74 Å². The lowest BCUT2D eigenvalue weighted by molar-refractivity contribution is 0.0730. The topological polar surface area (TPSA) is 71.5 Å². The molecule has 7 heteroatoms. The van der Waals surface area contributed by atoms with Crippen molar-refractivity contribution in [3.63, 3.8) is 0 Å². The maximum atomic E-state index is 12.5. The van der Waals surface area contributed by atoms with Crippen molar-refractivity contribution in [2.45, 2.75) is 11.8 Å². The molecule has 1 saturated heterocycles. The lowest BCUT2D eigenvalue weighted by Crippen LogP contribution is -2.40. The van der Waals surface area contributed by atoms with Gasteiger partial charge < -0.3 is 10.1 Å². The Morgan fingerprint density at radius 1 is 1.44 bits per heavy atom. The monoisotopic (exact) mass is 271 g/mol. The highest BCUT2D eigenvalue weighted by atomic mass is 32.2. The third-order valence-electron chi connectivity index (χ3n) is 2.74. The zero-order valence-corrected chi connectivity index (χ0v) is 11.1. The van der Waals surface area contributed by atoms with Crippen LogP contribution in [0.25, 0.3) is 0 Å². The summed E-state index contributed by atoms with van der Waals surface area (Å²) in [6, 6.07) is 1.68. The van der Waals surface area contributed by atoms with Gasteiger partial charge in [0.25, 0.3) is 0 Å². The van der Waals surface area contributed by atoms with E-state index in [0.717, 1.165) is 0 Å². The first-order chi connectivity index (χ1) is 8.66. The van der Waals surface area contributed by atoms with E-state index in [1.165, 1.54) is 10.5 Å². The van der Waals surface area contributed by atoms with E-state index in [9.17, 15) is 8.42 Å². The van der Waals surface area contributed by atoms with Gasteiger partial charge in [-0.15, -0.1) is 0 Å². The van der Waals surface area contributed by atoms with Crippen molar-refractivity contribution in [1.29, 1.82) is 0 Å². The van der Waals surface area contributed by atoms with Crippen molar-refractivity contribution in [1.82, 2.24) is 9.29 Å². The lowest BCUT2D eigenvalue weighted by Gasteiger charge is -2.26. The molecule has 0 spiro atoms. The Balaban J connectivity index is 2.34. The summed E-state index contributed by atoms with van der Waals surface area (Å²) < 4.78 is 31.6. The Bertz CT molecular complexity index is 498. The summed E-state index contributed by atoms with van der Waals surface area (Å²) in [7, 11) is -3.49. The third kappa shape index (κ3) is 2.63. The maximum Gasteiger partial charge on any atom is 0.246 e. The molecule has 1 aliphatic heterocycles. The zero-order valence-electron chi connectivity index (χ0n) is 10.3. The van der Waals surface area contributed by atoms with Crippen molar-refractivity contribution >= 4 is 15.7 Å². The van der Waals surface area contributed by atoms with Gasteiger partial charge in [-0.25, -0.2) is 8.42 Å². The molecular formula is C11H17N3O3S. The van der Waals surface area contributed by atoms with Gasteiger partial charge in [0.05, 0.1) is 18.9 Å². The van der Waals surface area contributed by atoms with Crippen LogP contribution in [0.4, 0.5) is 5.69 Å². The molecule has 0 unspecified atom stereocenters. The van der Waals surface area contributed by atoms with Crippen LogP contribution < -0.4 is 5.32 Å². The van der Waals surface area contributed by atoms with Crippen LogP contribution in [0.5, 0.6) is 0 Å². The smallest absolute Gasteiger partial charge is 0.246 e. The summed E-state index contributed by atoms with van der Waals surface area (Å²) >= 11 is 0.